The lowest BCUT2D eigenvalue weighted by molar-refractivity contribution is -0.0289. The number of aliphatic hydroxyl groups is 2. The molecule has 1 fully saturated rings. The first kappa shape index (κ1) is 18.0. The molecule has 4 rings (SSSR count). The van der Waals surface area contributed by atoms with Gasteiger partial charge in [-0.15, -0.1) is 0 Å². The second-order valence-corrected chi connectivity index (χ2v) is 7.36. The van der Waals surface area contributed by atoms with Gasteiger partial charge in [0.2, 0.25) is 0 Å². The zero-order valence-corrected chi connectivity index (χ0v) is 15.5. The van der Waals surface area contributed by atoms with E-state index in [4.69, 9.17) is 10.5 Å². The Morgan fingerprint density at radius 1 is 1.15 bits per heavy atom. The van der Waals surface area contributed by atoms with Crippen LogP contribution < -0.4 is 5.73 Å². The molecule has 0 amide bonds. The maximum absolute atomic E-state index is 10.5. The molecule has 10 nitrogen and oxygen atoms in total. The predicted molar refractivity (Wildman–Crippen MR) is 97.9 cm³/mol. The summed E-state index contributed by atoms with van der Waals surface area (Å²) in [5, 5.41) is 21.5. The lowest BCUT2D eigenvalue weighted by Gasteiger charge is -2.16. The van der Waals surface area contributed by atoms with E-state index in [1.54, 1.807) is 4.57 Å². The van der Waals surface area contributed by atoms with Crippen molar-refractivity contribution in [3.8, 4) is 0 Å². The molecule has 0 bridgehead atoms. The number of fused-ring (bicyclic) bond motifs is 1. The van der Waals surface area contributed by atoms with Crippen LogP contribution in [0.2, 0.25) is 0 Å². The number of ether oxygens (including phenoxy) is 1. The van der Waals surface area contributed by atoms with Crippen molar-refractivity contribution < 1.29 is 14.9 Å². The smallest absolute Gasteiger partial charge is 0.188 e. The molecule has 0 spiro atoms. The third-order valence-corrected chi connectivity index (χ3v) is 5.27. The molecule has 27 heavy (non-hydrogen) atoms. The molecule has 3 aromatic heterocycles. The van der Waals surface area contributed by atoms with Gasteiger partial charge in [-0.3, -0.25) is 4.57 Å². The van der Waals surface area contributed by atoms with Gasteiger partial charge in [0.05, 0.1) is 12.4 Å². The van der Waals surface area contributed by atoms with Crippen molar-refractivity contribution in [3.63, 3.8) is 0 Å². The highest BCUT2D eigenvalue weighted by molar-refractivity contribution is 7.99. The van der Waals surface area contributed by atoms with Gasteiger partial charge in [0, 0.05) is 17.1 Å². The number of imidazole rings is 1. The summed E-state index contributed by atoms with van der Waals surface area (Å²) in [6.45, 7) is 3.80. The van der Waals surface area contributed by atoms with E-state index >= 15 is 0 Å². The Labute approximate surface area is 158 Å². The molecule has 11 heteroatoms. The summed E-state index contributed by atoms with van der Waals surface area (Å²) in [4.78, 5) is 21.0. The number of nitrogens with two attached hydrogens (primary N) is 1. The summed E-state index contributed by atoms with van der Waals surface area (Å²) in [6.07, 6.45) is -0.840. The highest BCUT2D eigenvalue weighted by Crippen LogP contribution is 2.34. The van der Waals surface area contributed by atoms with Crippen LogP contribution in [0.5, 0.6) is 0 Å². The summed E-state index contributed by atoms with van der Waals surface area (Å²) in [5.74, 6) is 0.632. The zero-order chi connectivity index (χ0) is 19.1. The first-order valence-corrected chi connectivity index (χ1v) is 9.32. The topological polar surface area (TPSA) is 145 Å². The number of aromatic nitrogens is 6. The van der Waals surface area contributed by atoms with Crippen LogP contribution in [0, 0.1) is 13.8 Å². The molecule has 0 unspecified atom stereocenters. The molecule has 1 aliphatic rings. The number of rotatable bonds is 4. The lowest BCUT2D eigenvalue weighted by atomic mass is 10.1. The molecule has 4 heterocycles. The van der Waals surface area contributed by atoms with Crippen molar-refractivity contribution in [2.45, 2.75) is 43.5 Å². The maximum Gasteiger partial charge on any atom is 0.188 e. The minimum absolute atomic E-state index is 0.242. The van der Waals surface area contributed by atoms with E-state index in [0.29, 0.717) is 22.1 Å². The molecule has 4 atom stereocenters. The Hall–Kier alpha value is -2.34. The molecule has 0 saturated carbocycles. The molecule has 1 aliphatic heterocycles. The number of anilines is 1. The van der Waals surface area contributed by atoms with Crippen LogP contribution in [-0.2, 0) is 4.74 Å². The average Bonchev–Trinajstić information content (AvgIpc) is 3.16. The Morgan fingerprint density at radius 2 is 1.89 bits per heavy atom. The number of aryl methyl sites for hydroxylation is 2. The zero-order valence-electron chi connectivity index (χ0n) is 14.7. The van der Waals surface area contributed by atoms with Crippen molar-refractivity contribution in [2.75, 3.05) is 11.5 Å². The average molecular weight is 389 g/mol. The molecule has 0 aliphatic carbocycles. The van der Waals surface area contributed by atoms with Gasteiger partial charge in [0.1, 0.15) is 24.1 Å². The number of hydrogen-bond acceptors (Lipinski definition) is 10. The van der Waals surface area contributed by atoms with Crippen molar-refractivity contribution in [1.82, 2.24) is 29.5 Å². The van der Waals surface area contributed by atoms with E-state index < -0.39 is 24.5 Å². The Balaban J connectivity index is 1.53. The molecular weight excluding hydrogens is 370 g/mol. The number of thioether (sulfide) groups is 1. The van der Waals surface area contributed by atoms with E-state index in [1.807, 2.05) is 19.9 Å². The van der Waals surface area contributed by atoms with E-state index in [-0.39, 0.29) is 5.82 Å². The van der Waals surface area contributed by atoms with Gasteiger partial charge in [-0.2, -0.15) is 0 Å². The summed E-state index contributed by atoms with van der Waals surface area (Å²) in [6, 6.07) is 1.89. The molecule has 3 aromatic rings. The third kappa shape index (κ3) is 3.34. The van der Waals surface area contributed by atoms with Crippen molar-refractivity contribution >= 4 is 28.7 Å². The largest absolute Gasteiger partial charge is 0.387 e. The normalized spacial score (nSPS) is 25.3. The Bertz CT molecular complexity index is 962. The van der Waals surface area contributed by atoms with Gasteiger partial charge in [0.25, 0.3) is 0 Å². The van der Waals surface area contributed by atoms with Crippen LogP contribution in [-0.4, -0.2) is 63.8 Å². The highest BCUT2D eigenvalue weighted by atomic mass is 32.2. The minimum Gasteiger partial charge on any atom is -0.387 e. The third-order valence-electron chi connectivity index (χ3n) is 4.34. The van der Waals surface area contributed by atoms with Crippen LogP contribution in [0.3, 0.4) is 0 Å². The fourth-order valence-corrected chi connectivity index (χ4v) is 4.07. The van der Waals surface area contributed by atoms with Crippen molar-refractivity contribution in [1.29, 1.82) is 0 Å². The molecular formula is C16H19N7O3S. The molecule has 1 saturated heterocycles. The first-order valence-electron chi connectivity index (χ1n) is 8.33. The van der Waals surface area contributed by atoms with Gasteiger partial charge in [-0.05, 0) is 19.9 Å². The van der Waals surface area contributed by atoms with E-state index in [1.165, 1.54) is 24.4 Å². The van der Waals surface area contributed by atoms with E-state index in [9.17, 15) is 10.2 Å². The van der Waals surface area contributed by atoms with Gasteiger partial charge in [0.15, 0.2) is 22.8 Å². The summed E-state index contributed by atoms with van der Waals surface area (Å²) in [7, 11) is 0. The molecule has 0 aromatic carbocycles. The Kier molecular flexibility index (Phi) is 4.68. The standard InChI is InChI=1S/C16H19N7O3S/c1-7-3-8(2)22-16(21-7)27-4-9-11(24)12(25)15(26-9)23-6-20-10-13(17)18-5-19-14(10)23/h3,5-6,9,11-12,15,24-25H,4H2,1-2H3,(H2,17,18,19)/t9-,11-,12-,15-/m1/s1. The number of nitrogen functional groups attached to an aromatic ring is 1. The minimum atomic E-state index is -1.13. The highest BCUT2D eigenvalue weighted by Gasteiger charge is 2.44. The number of nitrogens with zero attached hydrogens (tertiary/aromatic N) is 6. The fourth-order valence-electron chi connectivity index (χ4n) is 3.07. The van der Waals surface area contributed by atoms with Crippen molar-refractivity contribution in [3.05, 3.63) is 30.1 Å². The predicted octanol–water partition coefficient (Wildman–Crippen LogP) is 0.227. The lowest BCUT2D eigenvalue weighted by Crippen LogP contribution is -2.32. The van der Waals surface area contributed by atoms with Crippen LogP contribution in [0.15, 0.2) is 23.9 Å². The van der Waals surface area contributed by atoms with Crippen LogP contribution in [0.25, 0.3) is 11.2 Å². The first-order chi connectivity index (χ1) is 12.9. The summed E-state index contributed by atoms with van der Waals surface area (Å²) >= 11 is 1.37. The van der Waals surface area contributed by atoms with Gasteiger partial charge in [-0.25, -0.2) is 24.9 Å². The SMILES string of the molecule is Cc1cc(C)nc(SC[C@H]2O[C@@H](n3cnc4c(N)ncnc43)[C@H](O)[C@@H]2O)n1. The molecule has 0 radical (unpaired) electrons. The monoisotopic (exact) mass is 389 g/mol. The summed E-state index contributed by atoms with van der Waals surface area (Å²) in [5.41, 5.74) is 8.40. The van der Waals surface area contributed by atoms with Gasteiger partial charge in [-0.1, -0.05) is 11.8 Å². The number of hydrogen-bond donors (Lipinski definition) is 3. The van der Waals surface area contributed by atoms with Crippen LogP contribution in [0.1, 0.15) is 17.6 Å². The fraction of sp³-hybridized carbons (Fsp3) is 0.438. The van der Waals surface area contributed by atoms with Gasteiger partial charge >= 0.3 is 0 Å². The van der Waals surface area contributed by atoms with E-state index in [0.717, 1.165) is 11.4 Å². The summed E-state index contributed by atoms with van der Waals surface area (Å²) < 4.78 is 7.46. The second kappa shape index (κ2) is 7.00. The maximum atomic E-state index is 10.5. The van der Waals surface area contributed by atoms with Crippen molar-refractivity contribution in [2.24, 2.45) is 0 Å². The quantitative estimate of drug-likeness (QED) is 0.418. The number of aliphatic hydroxyl groups excluding tert-OH is 2. The second-order valence-electron chi connectivity index (χ2n) is 6.37. The molecule has 4 N–H and O–H groups in total. The van der Waals surface area contributed by atoms with Crippen LogP contribution in [0.4, 0.5) is 5.82 Å². The van der Waals surface area contributed by atoms with Gasteiger partial charge < -0.3 is 20.7 Å². The van der Waals surface area contributed by atoms with Crippen LogP contribution >= 0.6 is 11.8 Å². The molecule has 142 valence electrons. The Morgan fingerprint density at radius 3 is 2.63 bits per heavy atom. The van der Waals surface area contributed by atoms with E-state index in [2.05, 4.69) is 24.9 Å².